The smallest absolute Gasteiger partial charge is 2.00 e. The van der Waals surface area contributed by atoms with E-state index in [1.54, 1.807) is 0 Å². The molecule has 0 saturated heterocycles. The van der Waals surface area contributed by atoms with Crippen LogP contribution in [0.25, 0.3) is 0 Å². The molecule has 0 aliphatic heterocycles. The third kappa shape index (κ3) is 495. The van der Waals surface area contributed by atoms with Gasteiger partial charge >= 0.3 is 54.1 Å². The second-order valence-corrected chi connectivity index (χ2v) is 0.250. The van der Waals surface area contributed by atoms with Crippen LogP contribution in [0.2, 0.25) is 0 Å². The largest absolute Gasteiger partial charge is 5.00 e. The second kappa shape index (κ2) is 190. The molecular formula is O7SiTa2. The van der Waals surface area contributed by atoms with Crippen LogP contribution in [0.15, 0.2) is 0 Å². The van der Waals surface area contributed by atoms with E-state index in [1.165, 1.54) is 0 Å². The molecule has 0 saturated carbocycles. The molecule has 0 aromatic rings. The molecule has 0 N–H and O–H groups in total. The molecule has 0 fully saturated rings. The van der Waals surface area contributed by atoms with E-state index in [1.807, 2.05) is 0 Å². The Morgan fingerprint density at radius 2 is 0.600 bits per heavy atom. The maximum absolute atomic E-state index is 8.40. The van der Waals surface area contributed by atoms with E-state index >= 15 is 0 Å². The number of hydrogen-bond donors (Lipinski definition) is 0. The molecule has 0 atom stereocenters. The van der Waals surface area contributed by atoms with Crippen LogP contribution in [-0.4, -0.2) is 9.29 Å². The van der Waals surface area contributed by atoms with Gasteiger partial charge in [0.15, 0.2) is 0 Å². The van der Waals surface area contributed by atoms with Crippen LogP contribution in [0.3, 0.4) is 0 Å². The topological polar surface area (TPSA) is 177 Å². The SMILES string of the molecule is O=[Si]=O.[O-2].[O-2].[O-2].[O-2].[O-2].[Ta+5].[Ta+5]. The Balaban J connectivity index is -0.000000000952. The molecule has 0 unspecified atom stereocenters. The van der Waals surface area contributed by atoms with E-state index in [-0.39, 0.29) is 72.1 Å². The van der Waals surface area contributed by atoms with E-state index in [4.69, 9.17) is 8.92 Å². The summed E-state index contributed by atoms with van der Waals surface area (Å²) in [5.41, 5.74) is 0. The summed E-state index contributed by atoms with van der Waals surface area (Å²) in [5, 5.41) is 0. The molecular weight excluding hydrogens is 502 g/mol. The van der Waals surface area contributed by atoms with Gasteiger partial charge in [0.25, 0.3) is 0 Å². The summed E-state index contributed by atoms with van der Waals surface area (Å²) in [6.45, 7) is 0. The molecule has 7 nitrogen and oxygen atoms in total. The third-order valence-electron chi connectivity index (χ3n) is 0. The predicted molar refractivity (Wildman–Crippen MR) is 10.6 cm³/mol. The van der Waals surface area contributed by atoms with Crippen molar-refractivity contribution in [2.75, 3.05) is 0 Å². The summed E-state index contributed by atoms with van der Waals surface area (Å²) in [4.78, 5) is 0. The summed E-state index contributed by atoms with van der Waals surface area (Å²) in [6, 6.07) is 0. The zero-order chi connectivity index (χ0) is 2.71. The monoisotopic (exact) mass is 502 g/mol. The van der Waals surface area contributed by atoms with Crippen molar-refractivity contribution in [2.24, 2.45) is 0 Å². The maximum Gasteiger partial charge on any atom is 5.00 e. The van der Waals surface area contributed by atoms with Crippen molar-refractivity contribution in [3.63, 3.8) is 0 Å². The van der Waals surface area contributed by atoms with Crippen LogP contribution in [0.1, 0.15) is 0 Å². The van der Waals surface area contributed by atoms with Gasteiger partial charge in [-0.2, -0.15) is 0 Å². The average Bonchev–Trinajstić information content (AvgIpc) is 0.918. The van der Waals surface area contributed by atoms with E-state index in [0.717, 1.165) is 0 Å². The van der Waals surface area contributed by atoms with Crippen LogP contribution in [-0.2, 0) is 81.1 Å². The standard InChI is InChI=1S/O2Si.5O.2Ta/c1-3-2;;;;;;;/q;5*-2;2*+5. The normalized spacial score (nSPS) is 0.800. The maximum atomic E-state index is 8.40. The first kappa shape index (κ1) is 118. The fraction of sp³-hybridized carbons (Fsp3) is 0. The molecule has 0 amide bonds. The van der Waals surface area contributed by atoms with Crippen molar-refractivity contribution in [3.8, 4) is 0 Å². The Labute approximate surface area is 90.1 Å². The van der Waals surface area contributed by atoms with Gasteiger partial charge in [-0.1, -0.05) is 0 Å². The third-order valence-corrected chi connectivity index (χ3v) is 0. The van der Waals surface area contributed by atoms with Crippen LogP contribution in [0, 0.1) is 0 Å². The quantitative estimate of drug-likeness (QED) is 0.378. The van der Waals surface area contributed by atoms with Gasteiger partial charge in [0.1, 0.15) is 0 Å². The molecule has 0 heterocycles. The second-order valence-electron chi connectivity index (χ2n) is 0.0833. The van der Waals surface area contributed by atoms with Crippen molar-refractivity contribution in [3.05, 3.63) is 0 Å². The van der Waals surface area contributed by atoms with Crippen LogP contribution in [0.4, 0.5) is 0 Å². The fourth-order valence-corrected chi connectivity index (χ4v) is 0. The van der Waals surface area contributed by atoms with Gasteiger partial charge in [-0.3, -0.25) is 8.92 Å². The summed E-state index contributed by atoms with van der Waals surface area (Å²) < 4.78 is 16.8. The van der Waals surface area contributed by atoms with Crippen LogP contribution < -0.4 is 0 Å². The molecule has 0 spiro atoms. The minimum absolute atomic E-state index is 0. The summed E-state index contributed by atoms with van der Waals surface area (Å²) in [7, 11) is -1.42. The van der Waals surface area contributed by atoms with Gasteiger partial charge in [-0.25, -0.2) is 0 Å². The Kier molecular flexibility index (Phi) is 2240. The van der Waals surface area contributed by atoms with Gasteiger partial charge in [0, 0.05) is 0 Å². The molecule has 10 heteroatoms. The fourth-order valence-electron chi connectivity index (χ4n) is 0. The van der Waals surface area contributed by atoms with Gasteiger partial charge < -0.3 is 27.4 Å². The van der Waals surface area contributed by atoms with Crippen molar-refractivity contribution in [1.82, 2.24) is 0 Å². The zero-order valence-corrected chi connectivity index (χ0v) is 11.7. The van der Waals surface area contributed by atoms with Crippen molar-refractivity contribution < 1.29 is 81.1 Å². The molecule has 56 valence electrons. The summed E-state index contributed by atoms with van der Waals surface area (Å²) in [5.74, 6) is 0. The minimum atomic E-state index is -1.42. The van der Waals surface area contributed by atoms with E-state index in [9.17, 15) is 0 Å². The summed E-state index contributed by atoms with van der Waals surface area (Å²) >= 11 is 0. The van der Waals surface area contributed by atoms with E-state index in [0.29, 0.717) is 0 Å². The van der Waals surface area contributed by atoms with Gasteiger partial charge in [-0.05, 0) is 0 Å². The number of hydrogen-bond acceptors (Lipinski definition) is 2. The first-order valence-electron chi connectivity index (χ1n) is 0.408. The Morgan fingerprint density at radius 1 is 0.600 bits per heavy atom. The molecule has 0 aromatic heterocycles. The van der Waals surface area contributed by atoms with Crippen LogP contribution in [0.5, 0.6) is 0 Å². The molecule has 0 aromatic carbocycles. The molecule has 0 bridgehead atoms. The Hall–Kier alpha value is 1.10. The molecule has 0 rings (SSSR count). The van der Waals surface area contributed by atoms with Gasteiger partial charge in [0.2, 0.25) is 0 Å². The predicted octanol–water partition coefficient (Wildman–Crippen LogP) is -1.22. The van der Waals surface area contributed by atoms with Crippen LogP contribution >= 0.6 is 0 Å². The molecule has 10 heavy (non-hydrogen) atoms. The van der Waals surface area contributed by atoms with Crippen molar-refractivity contribution in [2.45, 2.75) is 0 Å². The first-order chi connectivity index (χ1) is 1.41. The Morgan fingerprint density at radius 3 is 0.600 bits per heavy atom. The average molecular weight is 502 g/mol. The van der Waals surface area contributed by atoms with Gasteiger partial charge in [0.05, 0.1) is 0 Å². The Bertz CT molecular complexity index is 32.6. The van der Waals surface area contributed by atoms with Crippen molar-refractivity contribution in [1.29, 1.82) is 0 Å². The van der Waals surface area contributed by atoms with E-state index in [2.05, 4.69) is 0 Å². The summed E-state index contributed by atoms with van der Waals surface area (Å²) in [6.07, 6.45) is 0. The molecule has 0 aliphatic rings. The molecule has 0 radical (unpaired) electrons. The van der Waals surface area contributed by atoms with Crippen molar-refractivity contribution >= 4 is 9.29 Å². The van der Waals surface area contributed by atoms with Gasteiger partial charge in [-0.15, -0.1) is 0 Å². The zero-order valence-electron chi connectivity index (χ0n) is 4.25. The van der Waals surface area contributed by atoms with E-state index < -0.39 is 9.29 Å². The molecule has 0 aliphatic carbocycles. The minimum Gasteiger partial charge on any atom is -2.00 e. The first-order valence-corrected chi connectivity index (χ1v) is 1.22. The number of rotatable bonds is 0.